The van der Waals surface area contributed by atoms with Crippen molar-refractivity contribution in [3.05, 3.63) is 54.5 Å². The topological polar surface area (TPSA) is 68.8 Å². The Balaban J connectivity index is 1.28. The fourth-order valence-electron chi connectivity index (χ4n) is 5.82. The van der Waals surface area contributed by atoms with Crippen molar-refractivity contribution < 1.29 is 9.13 Å². The van der Waals surface area contributed by atoms with Crippen molar-refractivity contribution in [2.24, 2.45) is 5.92 Å². The smallest absolute Gasteiger partial charge is 0.229 e. The van der Waals surface area contributed by atoms with Crippen LogP contribution < -0.4 is 25.2 Å². The molecule has 3 heterocycles. The number of piperazine rings is 1. The summed E-state index contributed by atoms with van der Waals surface area (Å²) in [6, 6.07) is 14.3. The van der Waals surface area contributed by atoms with E-state index in [1.54, 1.807) is 0 Å². The lowest BCUT2D eigenvalue weighted by atomic mass is 9.89. The Labute approximate surface area is 230 Å². The summed E-state index contributed by atoms with van der Waals surface area (Å²) in [5.41, 5.74) is 3.88. The lowest BCUT2D eigenvalue weighted by Crippen LogP contribution is -2.44. The van der Waals surface area contributed by atoms with E-state index in [2.05, 4.69) is 44.6 Å². The summed E-state index contributed by atoms with van der Waals surface area (Å²) in [4.78, 5) is 15.8. The number of anilines is 6. The van der Waals surface area contributed by atoms with Gasteiger partial charge in [-0.15, -0.1) is 0 Å². The van der Waals surface area contributed by atoms with E-state index in [4.69, 9.17) is 9.72 Å². The molecule has 2 fully saturated rings. The monoisotopic (exact) mass is 531 g/mol. The van der Waals surface area contributed by atoms with Gasteiger partial charge in [0.05, 0.1) is 11.9 Å². The highest BCUT2D eigenvalue weighted by atomic mass is 19.1. The summed E-state index contributed by atoms with van der Waals surface area (Å²) in [7, 11) is 2.16. The molecule has 0 amide bonds. The molecule has 2 aliphatic heterocycles. The molecule has 0 bridgehead atoms. The molecule has 0 spiro atoms. The highest BCUT2D eigenvalue weighted by Gasteiger charge is 2.24. The Morgan fingerprint density at radius 3 is 2.77 bits per heavy atom. The van der Waals surface area contributed by atoms with E-state index in [9.17, 15) is 0 Å². The van der Waals surface area contributed by atoms with E-state index in [-0.39, 0.29) is 0 Å². The highest BCUT2D eigenvalue weighted by molar-refractivity contribution is 5.71. The molecule has 9 heteroatoms. The predicted octanol–water partition coefficient (Wildman–Crippen LogP) is 5.63. The van der Waals surface area contributed by atoms with Gasteiger partial charge in [-0.1, -0.05) is 25.3 Å². The van der Waals surface area contributed by atoms with E-state index in [1.165, 1.54) is 25.5 Å². The van der Waals surface area contributed by atoms with Crippen LogP contribution in [0.25, 0.3) is 0 Å². The third-order valence-corrected chi connectivity index (χ3v) is 8.07. The quantitative estimate of drug-likeness (QED) is 0.406. The summed E-state index contributed by atoms with van der Waals surface area (Å²) < 4.78 is 21.2. The molecule has 6 rings (SSSR count). The van der Waals surface area contributed by atoms with Crippen LogP contribution in [-0.4, -0.2) is 67.8 Å². The predicted molar refractivity (Wildman–Crippen MR) is 155 cm³/mol. The molecule has 1 aromatic heterocycles. The maximum atomic E-state index is 15.4. The number of aromatic nitrogens is 2. The molecule has 0 radical (unpaired) electrons. The molecule has 1 saturated carbocycles. The summed E-state index contributed by atoms with van der Waals surface area (Å²) in [5.74, 6) is 1.57. The number of ether oxygens (including phenoxy) is 1. The molecule has 0 unspecified atom stereocenters. The third kappa shape index (κ3) is 6.03. The van der Waals surface area contributed by atoms with Gasteiger partial charge in [0.1, 0.15) is 12.4 Å². The van der Waals surface area contributed by atoms with E-state index in [0.29, 0.717) is 30.8 Å². The zero-order valence-electron chi connectivity index (χ0n) is 22.7. The Bertz CT molecular complexity index is 1270. The van der Waals surface area contributed by atoms with Gasteiger partial charge in [0, 0.05) is 56.3 Å². The Kier molecular flexibility index (Phi) is 7.67. The molecular formula is C30H38FN7O. The number of benzene rings is 2. The fraction of sp³-hybridized carbons (Fsp3) is 0.467. The van der Waals surface area contributed by atoms with Crippen LogP contribution in [0.2, 0.25) is 0 Å². The molecule has 39 heavy (non-hydrogen) atoms. The number of hydrogen-bond donors (Lipinski definition) is 2. The third-order valence-electron chi connectivity index (χ3n) is 8.07. The van der Waals surface area contributed by atoms with Gasteiger partial charge in [0.25, 0.3) is 0 Å². The van der Waals surface area contributed by atoms with Gasteiger partial charge < -0.3 is 30.1 Å². The average Bonchev–Trinajstić information content (AvgIpc) is 2.98. The van der Waals surface area contributed by atoms with Crippen molar-refractivity contribution in [1.82, 2.24) is 14.9 Å². The van der Waals surface area contributed by atoms with Crippen molar-refractivity contribution in [1.29, 1.82) is 0 Å². The van der Waals surface area contributed by atoms with Crippen molar-refractivity contribution >= 4 is 34.5 Å². The van der Waals surface area contributed by atoms with Gasteiger partial charge in [-0.25, -0.2) is 9.37 Å². The maximum Gasteiger partial charge on any atom is 0.229 e. The van der Waals surface area contributed by atoms with Crippen molar-refractivity contribution in [3.8, 4) is 5.75 Å². The van der Waals surface area contributed by atoms with Crippen molar-refractivity contribution in [2.75, 3.05) is 73.4 Å². The summed E-state index contributed by atoms with van der Waals surface area (Å²) in [5, 5.41) is 6.74. The van der Waals surface area contributed by atoms with Gasteiger partial charge >= 0.3 is 0 Å². The highest BCUT2D eigenvalue weighted by Crippen LogP contribution is 2.37. The number of nitrogens with zero attached hydrogens (tertiary/aromatic N) is 5. The van der Waals surface area contributed by atoms with Crippen LogP contribution >= 0.6 is 0 Å². The lowest BCUT2D eigenvalue weighted by Gasteiger charge is -2.34. The lowest BCUT2D eigenvalue weighted by molar-refractivity contribution is 0.313. The normalized spacial score (nSPS) is 18.2. The summed E-state index contributed by atoms with van der Waals surface area (Å²) in [6.07, 6.45) is 7.31. The Morgan fingerprint density at radius 1 is 1.08 bits per heavy atom. The summed E-state index contributed by atoms with van der Waals surface area (Å²) >= 11 is 0. The number of nitrogens with one attached hydrogen (secondary N) is 2. The fourth-order valence-corrected chi connectivity index (χ4v) is 5.82. The number of hydrogen-bond acceptors (Lipinski definition) is 8. The van der Waals surface area contributed by atoms with E-state index >= 15 is 4.39 Å². The van der Waals surface area contributed by atoms with Gasteiger partial charge in [-0.3, -0.25) is 0 Å². The van der Waals surface area contributed by atoms with Crippen LogP contribution in [0.1, 0.15) is 32.1 Å². The first-order chi connectivity index (χ1) is 19.1. The number of likely N-dealkylation sites (N-methyl/N-ethyl adjacent to an activating group) is 1. The molecular weight excluding hydrogens is 493 g/mol. The van der Waals surface area contributed by atoms with E-state index in [1.807, 2.05) is 35.2 Å². The molecule has 0 atom stereocenters. The van der Waals surface area contributed by atoms with Crippen molar-refractivity contribution in [3.63, 3.8) is 0 Å². The molecule has 2 N–H and O–H groups in total. The minimum absolute atomic E-state index is 0.296. The number of fused-ring (bicyclic) bond motifs is 1. The van der Waals surface area contributed by atoms with Gasteiger partial charge in [-0.2, -0.15) is 4.98 Å². The van der Waals surface area contributed by atoms with Crippen LogP contribution in [0.15, 0.2) is 48.7 Å². The largest absolute Gasteiger partial charge is 0.490 e. The molecule has 3 aromatic rings. The first kappa shape index (κ1) is 25.7. The number of rotatable bonds is 7. The minimum atomic E-state index is -0.426. The van der Waals surface area contributed by atoms with Gasteiger partial charge in [-0.05, 0) is 62.2 Å². The molecule has 2 aromatic carbocycles. The first-order valence-corrected chi connectivity index (χ1v) is 14.2. The zero-order valence-corrected chi connectivity index (χ0v) is 22.7. The standard InChI is InChI=1S/C30H38FN7O/c1-36-13-15-37(16-14-36)24-9-5-8-23(18-24)34-30-33-20-26(31)29(35-30)38(21-22-6-3-2-4-7-22)25-10-11-28-27(19-25)32-12-17-39-28/h5,8-11,18-20,22,32H,2-4,6-7,12-17,21H2,1H3,(H,33,34,35). The van der Waals surface area contributed by atoms with Gasteiger partial charge in [0.15, 0.2) is 11.6 Å². The number of halogens is 1. The van der Waals surface area contributed by atoms with E-state index in [0.717, 1.165) is 74.1 Å². The second-order valence-corrected chi connectivity index (χ2v) is 10.9. The minimum Gasteiger partial charge on any atom is -0.490 e. The van der Waals surface area contributed by atoms with Crippen LogP contribution in [0, 0.1) is 11.7 Å². The van der Waals surface area contributed by atoms with Crippen molar-refractivity contribution in [2.45, 2.75) is 32.1 Å². The molecule has 8 nitrogen and oxygen atoms in total. The van der Waals surface area contributed by atoms with E-state index < -0.39 is 5.82 Å². The molecule has 3 aliphatic rings. The molecule has 1 saturated heterocycles. The van der Waals surface area contributed by atoms with Crippen LogP contribution in [0.5, 0.6) is 5.75 Å². The van der Waals surface area contributed by atoms with Crippen LogP contribution in [0.3, 0.4) is 0 Å². The SMILES string of the molecule is CN1CCN(c2cccc(Nc3ncc(F)c(N(CC4CCCCC4)c4ccc5c(c4)NCCO5)n3)c2)CC1. The molecule has 206 valence electrons. The zero-order chi connectivity index (χ0) is 26.6. The summed E-state index contributed by atoms with van der Waals surface area (Å²) in [6.45, 7) is 6.19. The average molecular weight is 532 g/mol. The first-order valence-electron chi connectivity index (χ1n) is 14.2. The Hall–Kier alpha value is -3.59. The second kappa shape index (κ2) is 11.7. The maximum absolute atomic E-state index is 15.4. The Morgan fingerprint density at radius 2 is 1.92 bits per heavy atom. The van der Waals surface area contributed by atoms with Crippen LogP contribution in [0.4, 0.5) is 38.9 Å². The van der Waals surface area contributed by atoms with Gasteiger partial charge in [0.2, 0.25) is 5.95 Å². The van der Waals surface area contributed by atoms with Crippen LogP contribution in [-0.2, 0) is 0 Å². The second-order valence-electron chi connectivity index (χ2n) is 10.9. The molecule has 1 aliphatic carbocycles.